The molecule has 1 fully saturated rings. The van der Waals surface area contributed by atoms with E-state index in [4.69, 9.17) is 18.9 Å². The minimum atomic E-state index is -0.213. The summed E-state index contributed by atoms with van der Waals surface area (Å²) in [6.07, 6.45) is 4.09. The van der Waals surface area contributed by atoms with Crippen LogP contribution in [0.25, 0.3) is 17.0 Å². The van der Waals surface area contributed by atoms with Crippen molar-refractivity contribution in [3.05, 3.63) is 65.4 Å². The number of ketones is 1. The largest absolute Gasteiger partial charge is 0.493 e. The Morgan fingerprint density at radius 3 is 2.15 bits per heavy atom. The fourth-order valence-corrected chi connectivity index (χ4v) is 4.72. The number of methoxy groups -OCH3 is 3. The molecule has 1 aliphatic rings. The van der Waals surface area contributed by atoms with Gasteiger partial charge in [-0.2, -0.15) is 0 Å². The Labute approximate surface area is 233 Å². The Bertz CT molecular complexity index is 1420. The molecule has 0 saturated carbocycles. The molecule has 0 unspecified atom stereocenters. The van der Waals surface area contributed by atoms with Crippen LogP contribution in [0.15, 0.2) is 48.5 Å². The zero-order valence-electron chi connectivity index (χ0n) is 23.4. The molecule has 4 rings (SSSR count). The van der Waals surface area contributed by atoms with E-state index in [9.17, 15) is 14.4 Å². The van der Waals surface area contributed by atoms with Gasteiger partial charge in [0.2, 0.25) is 5.75 Å². The van der Waals surface area contributed by atoms with Gasteiger partial charge < -0.3 is 23.8 Å². The number of rotatable bonds is 9. The van der Waals surface area contributed by atoms with Crippen molar-refractivity contribution in [2.24, 2.45) is 5.92 Å². The summed E-state index contributed by atoms with van der Waals surface area (Å²) >= 11 is 0. The molecule has 9 heteroatoms. The van der Waals surface area contributed by atoms with Gasteiger partial charge >= 0.3 is 5.97 Å². The van der Waals surface area contributed by atoms with Crippen molar-refractivity contribution in [2.75, 3.05) is 34.4 Å². The summed E-state index contributed by atoms with van der Waals surface area (Å²) < 4.78 is 21.7. The normalized spacial score (nSPS) is 14.0. The van der Waals surface area contributed by atoms with Crippen LogP contribution in [0.4, 0.5) is 0 Å². The topological polar surface area (TPSA) is 104 Å². The number of hydrogen-bond acceptors (Lipinski definition) is 8. The maximum Gasteiger partial charge on any atom is 0.309 e. The first-order valence-electron chi connectivity index (χ1n) is 13.2. The molecule has 1 saturated heterocycles. The molecule has 210 valence electrons. The Morgan fingerprint density at radius 2 is 1.55 bits per heavy atom. The number of pyridine rings is 1. The highest BCUT2D eigenvalue weighted by Gasteiger charge is 2.29. The van der Waals surface area contributed by atoms with Gasteiger partial charge in [0.15, 0.2) is 17.3 Å². The van der Waals surface area contributed by atoms with Crippen molar-refractivity contribution >= 4 is 34.6 Å². The van der Waals surface area contributed by atoms with E-state index in [0.29, 0.717) is 65.5 Å². The van der Waals surface area contributed by atoms with Crippen LogP contribution in [0, 0.1) is 5.92 Å². The number of ether oxygens (including phenoxy) is 4. The molecule has 40 heavy (non-hydrogen) atoms. The summed E-state index contributed by atoms with van der Waals surface area (Å²) in [6, 6.07) is 12.0. The van der Waals surface area contributed by atoms with Gasteiger partial charge in [-0.25, -0.2) is 4.98 Å². The number of hydrogen-bond donors (Lipinski definition) is 0. The minimum absolute atomic E-state index is 0.118. The lowest BCUT2D eigenvalue weighted by atomic mass is 9.96. The average Bonchev–Trinajstić information content (AvgIpc) is 2.98. The van der Waals surface area contributed by atoms with Gasteiger partial charge in [-0.15, -0.1) is 0 Å². The number of esters is 1. The molecule has 3 aromatic rings. The Morgan fingerprint density at radius 1 is 0.900 bits per heavy atom. The highest BCUT2D eigenvalue weighted by atomic mass is 16.5. The Kier molecular flexibility index (Phi) is 9.04. The number of nitrogens with zero attached hydrogens (tertiary/aromatic N) is 2. The molecule has 2 heterocycles. The van der Waals surface area contributed by atoms with E-state index < -0.39 is 0 Å². The lowest BCUT2D eigenvalue weighted by Crippen LogP contribution is -2.41. The van der Waals surface area contributed by atoms with Gasteiger partial charge in [0.1, 0.15) is 0 Å². The van der Waals surface area contributed by atoms with E-state index >= 15 is 0 Å². The molecule has 0 spiro atoms. The van der Waals surface area contributed by atoms with E-state index in [-0.39, 0.29) is 29.7 Å². The standard InChI is InChI=1S/C31H34N2O7/c1-19(2)40-31(36)22-14-16-33(17-15-22)30(35)21-8-6-20(7-9-21)26(34)13-11-23-10-12-24-25(32-23)18-27(37-3)29(39-5)28(24)38-4/h6-13,18-19,22H,14-17H2,1-5H3/b13-11+. The third kappa shape index (κ3) is 6.25. The van der Waals surface area contributed by atoms with E-state index in [2.05, 4.69) is 4.98 Å². The van der Waals surface area contributed by atoms with Crippen molar-refractivity contribution in [3.8, 4) is 17.2 Å². The minimum Gasteiger partial charge on any atom is -0.493 e. The zero-order chi connectivity index (χ0) is 28.8. The summed E-state index contributed by atoms with van der Waals surface area (Å²) in [5.41, 5.74) is 2.17. The summed E-state index contributed by atoms with van der Waals surface area (Å²) in [4.78, 5) is 44.3. The molecule has 0 bridgehead atoms. The number of likely N-dealkylation sites (tertiary alicyclic amines) is 1. The fourth-order valence-electron chi connectivity index (χ4n) is 4.72. The summed E-state index contributed by atoms with van der Waals surface area (Å²) in [5.74, 6) is 0.783. The number of carbonyl (C=O) groups excluding carboxylic acids is 3. The lowest BCUT2D eigenvalue weighted by Gasteiger charge is -2.31. The molecular weight excluding hydrogens is 512 g/mol. The second-order valence-electron chi connectivity index (χ2n) is 9.78. The van der Waals surface area contributed by atoms with Crippen molar-refractivity contribution in [1.29, 1.82) is 0 Å². The molecule has 1 aliphatic heterocycles. The molecule has 0 atom stereocenters. The van der Waals surface area contributed by atoms with E-state index in [1.54, 1.807) is 68.7 Å². The third-order valence-electron chi connectivity index (χ3n) is 6.81. The average molecular weight is 547 g/mol. The quantitative estimate of drug-likeness (QED) is 0.211. The molecule has 0 radical (unpaired) electrons. The number of piperidine rings is 1. The highest BCUT2D eigenvalue weighted by Crippen LogP contribution is 2.42. The monoisotopic (exact) mass is 546 g/mol. The van der Waals surface area contributed by atoms with Crippen molar-refractivity contribution < 1.29 is 33.3 Å². The van der Waals surface area contributed by atoms with Crippen LogP contribution in [0.3, 0.4) is 0 Å². The number of amides is 1. The SMILES string of the molecule is COc1cc2nc(/C=C/C(=O)c3ccc(C(=O)N4CCC(C(=O)OC(C)C)CC4)cc3)ccc2c(OC)c1OC. The summed E-state index contributed by atoms with van der Waals surface area (Å²) in [7, 11) is 4.64. The van der Waals surface area contributed by atoms with Gasteiger partial charge in [-0.1, -0.05) is 12.1 Å². The lowest BCUT2D eigenvalue weighted by molar-refractivity contribution is -0.153. The summed E-state index contributed by atoms with van der Waals surface area (Å²) in [6.45, 7) is 4.63. The Hall–Kier alpha value is -4.40. The number of carbonyl (C=O) groups is 3. The molecule has 0 N–H and O–H groups in total. The van der Waals surface area contributed by atoms with Crippen molar-refractivity contribution in [3.63, 3.8) is 0 Å². The zero-order valence-corrected chi connectivity index (χ0v) is 23.4. The van der Waals surface area contributed by atoms with Crippen LogP contribution in [-0.4, -0.2) is 68.1 Å². The summed E-state index contributed by atoms with van der Waals surface area (Å²) in [5, 5.41) is 0.753. The molecule has 1 amide bonds. The number of benzene rings is 2. The molecule has 1 aromatic heterocycles. The predicted octanol–water partition coefficient (Wildman–Crippen LogP) is 4.96. The third-order valence-corrected chi connectivity index (χ3v) is 6.81. The molecule has 9 nitrogen and oxygen atoms in total. The highest BCUT2D eigenvalue weighted by molar-refractivity contribution is 6.07. The van der Waals surface area contributed by atoms with Gasteiger partial charge in [0.05, 0.1) is 44.6 Å². The number of fused-ring (bicyclic) bond motifs is 1. The van der Waals surface area contributed by atoms with Gasteiger partial charge in [-0.05, 0) is 63.1 Å². The van der Waals surface area contributed by atoms with Crippen LogP contribution in [0.1, 0.15) is 53.1 Å². The molecular formula is C31H34N2O7. The smallest absolute Gasteiger partial charge is 0.309 e. The second-order valence-corrected chi connectivity index (χ2v) is 9.78. The van der Waals surface area contributed by atoms with E-state index in [1.807, 2.05) is 19.9 Å². The number of aromatic nitrogens is 1. The van der Waals surface area contributed by atoms with Gasteiger partial charge in [0.25, 0.3) is 5.91 Å². The van der Waals surface area contributed by atoms with Crippen LogP contribution < -0.4 is 14.2 Å². The van der Waals surface area contributed by atoms with Gasteiger partial charge in [0, 0.05) is 35.7 Å². The predicted molar refractivity (Wildman–Crippen MR) is 151 cm³/mol. The van der Waals surface area contributed by atoms with E-state index in [1.165, 1.54) is 6.08 Å². The van der Waals surface area contributed by atoms with Crippen LogP contribution in [-0.2, 0) is 9.53 Å². The van der Waals surface area contributed by atoms with Gasteiger partial charge in [-0.3, -0.25) is 14.4 Å². The first-order chi connectivity index (χ1) is 19.2. The second kappa shape index (κ2) is 12.6. The van der Waals surface area contributed by atoms with Crippen LogP contribution in [0.5, 0.6) is 17.2 Å². The maximum absolute atomic E-state index is 13.0. The van der Waals surface area contributed by atoms with Crippen molar-refractivity contribution in [2.45, 2.75) is 32.8 Å². The fraction of sp³-hybridized carbons (Fsp3) is 0.355. The van der Waals surface area contributed by atoms with Crippen molar-refractivity contribution in [1.82, 2.24) is 9.88 Å². The number of allylic oxidation sites excluding steroid dienone is 1. The maximum atomic E-state index is 13.0. The molecule has 2 aromatic carbocycles. The Balaban J connectivity index is 1.41. The van der Waals surface area contributed by atoms with Crippen LogP contribution in [0.2, 0.25) is 0 Å². The molecule has 0 aliphatic carbocycles. The van der Waals surface area contributed by atoms with E-state index in [0.717, 1.165) is 5.39 Å². The first kappa shape index (κ1) is 28.6. The van der Waals surface area contributed by atoms with Crippen LogP contribution >= 0.6 is 0 Å². The first-order valence-corrected chi connectivity index (χ1v) is 13.2.